The molecule has 1 saturated heterocycles. The summed E-state index contributed by atoms with van der Waals surface area (Å²) in [4.78, 5) is 46.7. The molecule has 4 rings (SSSR count). The minimum atomic E-state index is -1.15. The summed E-state index contributed by atoms with van der Waals surface area (Å²) in [6, 6.07) is 16.9. The number of aliphatic hydroxyl groups is 1. The molecule has 4 N–H and O–H groups in total. The molecule has 0 radical (unpaired) electrons. The van der Waals surface area contributed by atoms with E-state index in [1.54, 1.807) is 16.6 Å². The third-order valence-electron chi connectivity index (χ3n) is 7.73. The van der Waals surface area contributed by atoms with Crippen LogP contribution in [0.15, 0.2) is 72.4 Å². The molecule has 0 bridgehead atoms. The number of aliphatic hydroxyl groups excluding tert-OH is 1. The van der Waals surface area contributed by atoms with Gasteiger partial charge in [0.2, 0.25) is 5.91 Å². The molecule has 1 aliphatic heterocycles. The van der Waals surface area contributed by atoms with Crippen molar-refractivity contribution in [2.24, 2.45) is 5.92 Å². The summed E-state index contributed by atoms with van der Waals surface area (Å²) in [5.74, 6) is -0.432. The second kappa shape index (κ2) is 15.5. The predicted octanol–water partition coefficient (Wildman–Crippen LogP) is 4.15. The maximum Gasteiger partial charge on any atom is 0.407 e. The van der Waals surface area contributed by atoms with Crippen LogP contribution in [0.3, 0.4) is 0 Å². The number of thiazole rings is 1. The Hall–Kier alpha value is -3.96. The Bertz CT molecular complexity index is 1310. The van der Waals surface area contributed by atoms with E-state index in [-0.39, 0.29) is 30.8 Å². The fourth-order valence-corrected chi connectivity index (χ4v) is 6.26. The van der Waals surface area contributed by atoms with E-state index in [1.165, 1.54) is 16.2 Å². The highest BCUT2D eigenvalue weighted by atomic mass is 32.1. The average Bonchev–Trinajstić information content (AvgIpc) is 3.50. The minimum Gasteiger partial charge on any atom is -0.465 e. The van der Waals surface area contributed by atoms with Crippen LogP contribution in [0.25, 0.3) is 0 Å². The molecular weight excluding hydrogens is 566 g/mol. The lowest BCUT2D eigenvalue weighted by Crippen LogP contribution is -2.59. The topological polar surface area (TPSA) is 135 Å². The van der Waals surface area contributed by atoms with Crippen molar-refractivity contribution in [2.45, 2.75) is 70.3 Å². The Kier molecular flexibility index (Phi) is 11.5. The lowest BCUT2D eigenvalue weighted by atomic mass is 9.92. The molecule has 4 atom stereocenters. The van der Waals surface area contributed by atoms with Crippen molar-refractivity contribution in [3.63, 3.8) is 0 Å². The van der Waals surface area contributed by atoms with E-state index in [0.717, 1.165) is 22.4 Å². The Labute approximate surface area is 256 Å². The molecule has 3 aromatic rings. The standard InChI is InChI=1S/C32H41N5O5S/c1-22(2)29(36-15-9-14-34-31(36)40)30(39)35-25(16-23-10-5-3-6-11-23)18-28(38)27(17-24-12-7-4-8-13-24)37(32(41)42)20-26-19-33-21-43-26/h3-8,10-13,19,21-22,25,27-29,38H,9,14-18,20H2,1-2H3,(H,34,40)(H,35,39)(H,41,42)/t25-,27-,28+,29-/m0/s1. The van der Waals surface area contributed by atoms with Crippen molar-refractivity contribution >= 4 is 29.4 Å². The van der Waals surface area contributed by atoms with Gasteiger partial charge in [0, 0.05) is 30.2 Å². The number of aromatic nitrogens is 1. The first-order valence-corrected chi connectivity index (χ1v) is 15.6. The number of urea groups is 1. The number of carboxylic acid groups (broad SMARTS) is 1. The summed E-state index contributed by atoms with van der Waals surface area (Å²) < 4.78 is 0. The van der Waals surface area contributed by atoms with Gasteiger partial charge < -0.3 is 25.7 Å². The molecule has 4 amide bonds. The molecule has 0 aliphatic carbocycles. The second-order valence-corrected chi connectivity index (χ2v) is 12.3. The number of amides is 4. The molecule has 10 nitrogen and oxygen atoms in total. The quantitative estimate of drug-likeness (QED) is 0.218. The van der Waals surface area contributed by atoms with Gasteiger partial charge in [0.1, 0.15) is 6.04 Å². The van der Waals surface area contributed by atoms with Gasteiger partial charge >= 0.3 is 12.1 Å². The number of carbonyl (C=O) groups is 3. The van der Waals surface area contributed by atoms with Crippen molar-refractivity contribution in [1.82, 2.24) is 25.4 Å². The van der Waals surface area contributed by atoms with Gasteiger partial charge in [-0.2, -0.15) is 0 Å². The normalized spacial score (nSPS) is 16.2. The summed E-state index contributed by atoms with van der Waals surface area (Å²) in [5, 5.41) is 28.0. The van der Waals surface area contributed by atoms with E-state index in [9.17, 15) is 24.6 Å². The monoisotopic (exact) mass is 607 g/mol. The van der Waals surface area contributed by atoms with E-state index in [1.807, 2.05) is 74.5 Å². The first kappa shape index (κ1) is 32.0. The average molecular weight is 608 g/mol. The predicted molar refractivity (Wildman–Crippen MR) is 166 cm³/mol. The number of hydrogen-bond donors (Lipinski definition) is 4. The Balaban J connectivity index is 1.61. The van der Waals surface area contributed by atoms with Crippen molar-refractivity contribution in [2.75, 3.05) is 13.1 Å². The highest BCUT2D eigenvalue weighted by molar-refractivity contribution is 7.09. The number of nitrogens with one attached hydrogen (secondary N) is 2. The fourth-order valence-electron chi connectivity index (χ4n) is 5.67. The van der Waals surface area contributed by atoms with Gasteiger partial charge in [0.15, 0.2) is 0 Å². The molecule has 0 spiro atoms. The SMILES string of the molecule is CC(C)[C@@H](C(=O)N[C@@H](Cc1ccccc1)C[C@@H](O)[C@H](Cc1ccccc1)N(Cc1cncs1)C(=O)O)N1CCCNC1=O. The fraction of sp³-hybridized carbons (Fsp3) is 0.438. The van der Waals surface area contributed by atoms with Crippen molar-refractivity contribution in [1.29, 1.82) is 0 Å². The van der Waals surface area contributed by atoms with Crippen LogP contribution in [0.1, 0.15) is 42.7 Å². The van der Waals surface area contributed by atoms with Crippen LogP contribution in [0, 0.1) is 5.92 Å². The molecule has 11 heteroatoms. The van der Waals surface area contributed by atoms with Crippen LogP contribution >= 0.6 is 11.3 Å². The zero-order valence-electron chi connectivity index (χ0n) is 24.6. The summed E-state index contributed by atoms with van der Waals surface area (Å²) >= 11 is 1.36. The lowest BCUT2D eigenvalue weighted by Gasteiger charge is -2.38. The molecule has 230 valence electrons. The Morgan fingerprint density at radius 2 is 1.72 bits per heavy atom. The molecule has 1 aromatic heterocycles. The molecule has 2 aromatic carbocycles. The van der Waals surface area contributed by atoms with E-state index in [4.69, 9.17) is 0 Å². The molecule has 0 saturated carbocycles. The van der Waals surface area contributed by atoms with E-state index < -0.39 is 30.3 Å². The summed E-state index contributed by atoms with van der Waals surface area (Å²) in [5.41, 5.74) is 3.51. The maximum absolute atomic E-state index is 13.8. The summed E-state index contributed by atoms with van der Waals surface area (Å²) in [7, 11) is 0. The molecule has 1 fully saturated rings. The zero-order valence-corrected chi connectivity index (χ0v) is 25.5. The number of benzene rings is 2. The zero-order chi connectivity index (χ0) is 30.8. The Morgan fingerprint density at radius 1 is 1.07 bits per heavy atom. The van der Waals surface area contributed by atoms with Gasteiger partial charge in [0.25, 0.3) is 0 Å². The van der Waals surface area contributed by atoms with E-state index in [2.05, 4.69) is 15.6 Å². The number of nitrogens with zero attached hydrogens (tertiary/aromatic N) is 3. The van der Waals surface area contributed by atoms with Crippen LogP contribution < -0.4 is 10.6 Å². The lowest BCUT2D eigenvalue weighted by molar-refractivity contribution is -0.128. The second-order valence-electron chi connectivity index (χ2n) is 11.3. The molecule has 2 heterocycles. The number of hydrogen-bond acceptors (Lipinski definition) is 6. The van der Waals surface area contributed by atoms with Gasteiger partial charge in [-0.25, -0.2) is 9.59 Å². The third-order valence-corrected chi connectivity index (χ3v) is 8.50. The first-order valence-electron chi connectivity index (χ1n) is 14.7. The summed E-state index contributed by atoms with van der Waals surface area (Å²) in [6.45, 7) is 4.97. The first-order chi connectivity index (χ1) is 20.7. The minimum absolute atomic E-state index is 0.0871. The molecule has 1 aliphatic rings. The molecule has 0 unspecified atom stereocenters. The van der Waals surface area contributed by atoms with Gasteiger partial charge in [-0.15, -0.1) is 11.3 Å². The smallest absolute Gasteiger partial charge is 0.407 e. The number of rotatable bonds is 14. The highest BCUT2D eigenvalue weighted by Gasteiger charge is 2.37. The Morgan fingerprint density at radius 3 is 2.28 bits per heavy atom. The van der Waals surface area contributed by atoms with Gasteiger partial charge in [-0.3, -0.25) is 14.7 Å². The largest absolute Gasteiger partial charge is 0.465 e. The van der Waals surface area contributed by atoms with Crippen LogP contribution in [-0.4, -0.2) is 80.3 Å². The molecular formula is C32H41N5O5S. The van der Waals surface area contributed by atoms with Gasteiger partial charge in [-0.05, 0) is 42.7 Å². The maximum atomic E-state index is 13.8. The number of carbonyl (C=O) groups excluding carboxylic acids is 2. The van der Waals surface area contributed by atoms with Crippen molar-refractivity contribution < 1.29 is 24.6 Å². The van der Waals surface area contributed by atoms with E-state index >= 15 is 0 Å². The van der Waals surface area contributed by atoms with Crippen LogP contribution in [0.2, 0.25) is 0 Å². The highest BCUT2D eigenvalue weighted by Crippen LogP contribution is 2.22. The van der Waals surface area contributed by atoms with Crippen molar-refractivity contribution in [3.8, 4) is 0 Å². The van der Waals surface area contributed by atoms with E-state index in [0.29, 0.717) is 25.9 Å². The van der Waals surface area contributed by atoms with Crippen LogP contribution in [0.4, 0.5) is 9.59 Å². The van der Waals surface area contributed by atoms with Crippen LogP contribution in [-0.2, 0) is 24.2 Å². The summed E-state index contributed by atoms with van der Waals surface area (Å²) in [6.07, 6.45) is 0.972. The van der Waals surface area contributed by atoms with Gasteiger partial charge in [-0.1, -0.05) is 74.5 Å². The van der Waals surface area contributed by atoms with Gasteiger partial charge in [0.05, 0.1) is 24.2 Å². The third kappa shape index (κ3) is 9.01. The van der Waals surface area contributed by atoms with Crippen molar-refractivity contribution in [3.05, 3.63) is 88.4 Å². The molecule has 43 heavy (non-hydrogen) atoms. The van der Waals surface area contributed by atoms with Crippen LogP contribution in [0.5, 0.6) is 0 Å².